The summed E-state index contributed by atoms with van der Waals surface area (Å²) in [7, 11) is 0. The summed E-state index contributed by atoms with van der Waals surface area (Å²) < 4.78 is 0. The molecular weight excluding hydrogens is 350 g/mol. The molecule has 4 aliphatic rings. The Kier molecular flexibility index (Phi) is 4.58. The van der Waals surface area contributed by atoms with Crippen LogP contribution in [0.25, 0.3) is 0 Å². The molecule has 0 aromatic heterocycles. The molecule has 5 heteroatoms. The van der Waals surface area contributed by atoms with Crippen LogP contribution in [-0.4, -0.2) is 48.0 Å². The quantitative estimate of drug-likeness (QED) is 0.871. The van der Waals surface area contributed by atoms with E-state index >= 15 is 0 Å². The number of anilines is 1. The summed E-state index contributed by atoms with van der Waals surface area (Å²) in [5.74, 6) is 0.199. The summed E-state index contributed by atoms with van der Waals surface area (Å²) in [6.45, 7) is 2.36. The molecule has 0 bridgehead atoms. The lowest BCUT2D eigenvalue weighted by atomic mass is 9.77. The largest absolute Gasteiger partial charge is 0.370 e. The van der Waals surface area contributed by atoms with Crippen LogP contribution in [0.5, 0.6) is 0 Å². The molecule has 2 aliphatic carbocycles. The number of hydrogen-bond acceptors (Lipinski definition) is 4. The van der Waals surface area contributed by atoms with Crippen molar-refractivity contribution < 1.29 is 9.59 Å². The lowest BCUT2D eigenvalue weighted by Crippen LogP contribution is -2.41. The smallest absolute Gasteiger partial charge is 0.260 e. The molecule has 1 spiro atoms. The molecule has 2 heterocycles. The van der Waals surface area contributed by atoms with E-state index in [9.17, 15) is 9.59 Å². The summed E-state index contributed by atoms with van der Waals surface area (Å²) in [5.41, 5.74) is 3.00. The topological polar surface area (TPSA) is 61.8 Å². The Morgan fingerprint density at radius 3 is 2.50 bits per heavy atom. The summed E-state index contributed by atoms with van der Waals surface area (Å²) in [4.78, 5) is 32.2. The molecule has 0 radical (unpaired) electrons. The maximum absolute atomic E-state index is 12.8. The average Bonchev–Trinajstić information content (AvgIpc) is 3.37. The zero-order chi connectivity index (χ0) is 19.1. The number of nitrogens with zero attached hydrogens (tertiary/aromatic N) is 2. The Morgan fingerprint density at radius 1 is 1.07 bits per heavy atom. The minimum atomic E-state index is -0.461. The average molecular weight is 380 g/mol. The number of nitrogens with one attached hydrogen (secondary N) is 1. The first kappa shape index (κ1) is 18.0. The van der Waals surface area contributed by atoms with Crippen LogP contribution < -0.4 is 5.32 Å². The molecule has 1 aromatic carbocycles. The van der Waals surface area contributed by atoms with Crippen LogP contribution in [0.15, 0.2) is 29.3 Å². The molecule has 1 amide bonds. The number of carbonyl (C=O) groups is 2. The van der Waals surface area contributed by atoms with Crippen LogP contribution in [0.1, 0.15) is 56.9 Å². The minimum Gasteiger partial charge on any atom is -0.370 e. The normalized spacial score (nSPS) is 27.7. The monoisotopic (exact) mass is 379 g/mol. The number of ketones is 1. The first-order chi connectivity index (χ1) is 13.6. The highest BCUT2D eigenvalue weighted by Gasteiger charge is 2.41. The zero-order valence-electron chi connectivity index (χ0n) is 16.5. The number of benzene rings is 1. The first-order valence-electron chi connectivity index (χ1n) is 10.9. The van der Waals surface area contributed by atoms with Crippen LogP contribution >= 0.6 is 0 Å². The lowest BCUT2D eigenvalue weighted by molar-refractivity contribution is -0.119. The standard InChI is InChI=1S/C23H29N3O2/c27-19(15-26-13-11-23(12-14-26)9-3-4-10-23)25-20-17-5-1-2-6-18(17)24-21(20)22(28)16-7-8-16/h1-2,5-6,16,21,24H,3-4,7-15H2. The molecule has 5 rings (SSSR count). The fourth-order valence-electron chi connectivity index (χ4n) is 5.32. The number of hydrogen-bond donors (Lipinski definition) is 1. The highest BCUT2D eigenvalue weighted by Crippen LogP contribution is 2.46. The van der Waals surface area contributed by atoms with Crippen molar-refractivity contribution in [2.24, 2.45) is 16.3 Å². The maximum atomic E-state index is 12.8. The van der Waals surface area contributed by atoms with E-state index in [4.69, 9.17) is 0 Å². The van der Waals surface area contributed by atoms with Crippen molar-refractivity contribution >= 4 is 23.1 Å². The van der Waals surface area contributed by atoms with E-state index in [1.807, 2.05) is 24.3 Å². The number of aliphatic imine (C=N–C) groups is 1. The molecule has 1 atom stereocenters. The highest BCUT2D eigenvalue weighted by molar-refractivity contribution is 6.27. The van der Waals surface area contributed by atoms with Crippen molar-refractivity contribution in [3.8, 4) is 0 Å². The molecule has 1 N–H and O–H groups in total. The molecule has 2 aliphatic heterocycles. The molecule has 28 heavy (non-hydrogen) atoms. The Hall–Kier alpha value is -2.01. The molecule has 1 saturated heterocycles. The van der Waals surface area contributed by atoms with Gasteiger partial charge in [0.2, 0.25) is 0 Å². The second kappa shape index (κ2) is 7.11. The van der Waals surface area contributed by atoms with Crippen molar-refractivity contribution in [1.29, 1.82) is 0 Å². The Bertz CT molecular complexity index is 811. The van der Waals surface area contributed by atoms with E-state index in [0.29, 0.717) is 17.7 Å². The number of likely N-dealkylation sites (tertiary alicyclic amines) is 1. The number of piperidine rings is 1. The van der Waals surface area contributed by atoms with Gasteiger partial charge in [-0.25, -0.2) is 4.99 Å². The summed E-state index contributed by atoms with van der Waals surface area (Å²) in [5, 5.41) is 3.30. The van der Waals surface area contributed by atoms with E-state index in [2.05, 4.69) is 15.2 Å². The van der Waals surface area contributed by atoms with Gasteiger partial charge in [0, 0.05) is 17.2 Å². The number of fused-ring (bicyclic) bond motifs is 1. The van der Waals surface area contributed by atoms with Crippen LogP contribution in [0.2, 0.25) is 0 Å². The van der Waals surface area contributed by atoms with Crippen LogP contribution in [0.4, 0.5) is 5.69 Å². The SMILES string of the molecule is O=C(CN1CCC2(CCCC2)CC1)N=C1c2ccccc2NC1C(=O)C1CC1. The van der Waals surface area contributed by atoms with Gasteiger partial charge in [0.05, 0.1) is 12.3 Å². The van der Waals surface area contributed by atoms with Crippen molar-refractivity contribution in [2.45, 2.75) is 57.4 Å². The Morgan fingerprint density at radius 2 is 1.79 bits per heavy atom. The zero-order valence-corrected chi connectivity index (χ0v) is 16.5. The second-order valence-corrected chi connectivity index (χ2v) is 9.17. The lowest BCUT2D eigenvalue weighted by Gasteiger charge is -2.38. The second-order valence-electron chi connectivity index (χ2n) is 9.17. The van der Waals surface area contributed by atoms with Crippen molar-refractivity contribution in [3.05, 3.63) is 29.8 Å². The third-order valence-corrected chi connectivity index (χ3v) is 7.23. The number of Topliss-reactive ketones (excluding diaryl/α,β-unsaturated/α-hetero) is 1. The van der Waals surface area contributed by atoms with Crippen LogP contribution in [0, 0.1) is 11.3 Å². The van der Waals surface area contributed by atoms with Crippen LogP contribution in [0.3, 0.4) is 0 Å². The Balaban J connectivity index is 1.29. The van der Waals surface area contributed by atoms with Gasteiger partial charge in [-0.1, -0.05) is 31.0 Å². The van der Waals surface area contributed by atoms with Gasteiger partial charge in [0.1, 0.15) is 6.04 Å². The third-order valence-electron chi connectivity index (χ3n) is 7.23. The number of carbonyl (C=O) groups excluding carboxylic acids is 2. The molecule has 148 valence electrons. The Labute approximate surface area is 166 Å². The van der Waals surface area contributed by atoms with E-state index in [0.717, 1.165) is 37.2 Å². The van der Waals surface area contributed by atoms with E-state index in [1.54, 1.807) is 0 Å². The van der Waals surface area contributed by atoms with Gasteiger partial charge < -0.3 is 5.32 Å². The van der Waals surface area contributed by atoms with Gasteiger partial charge in [-0.15, -0.1) is 0 Å². The van der Waals surface area contributed by atoms with E-state index in [-0.39, 0.29) is 17.6 Å². The number of rotatable bonds is 4. The van der Waals surface area contributed by atoms with Gasteiger partial charge >= 0.3 is 0 Å². The molecule has 3 fully saturated rings. The van der Waals surface area contributed by atoms with E-state index in [1.165, 1.54) is 38.5 Å². The van der Waals surface area contributed by atoms with Gasteiger partial charge in [-0.05, 0) is 63.1 Å². The van der Waals surface area contributed by atoms with Crippen LogP contribution in [-0.2, 0) is 9.59 Å². The fourth-order valence-corrected chi connectivity index (χ4v) is 5.32. The maximum Gasteiger partial charge on any atom is 0.260 e. The molecule has 5 nitrogen and oxygen atoms in total. The first-order valence-corrected chi connectivity index (χ1v) is 10.9. The van der Waals surface area contributed by atoms with E-state index < -0.39 is 6.04 Å². The molecule has 1 unspecified atom stereocenters. The highest BCUT2D eigenvalue weighted by atomic mass is 16.1. The number of para-hydroxylation sites is 1. The summed E-state index contributed by atoms with van der Waals surface area (Å²) in [6.07, 6.45) is 9.82. The van der Waals surface area contributed by atoms with Gasteiger partial charge in [0.15, 0.2) is 5.78 Å². The minimum absolute atomic E-state index is 0.121. The van der Waals surface area contributed by atoms with Gasteiger partial charge in [-0.3, -0.25) is 14.5 Å². The molecule has 1 aromatic rings. The molecule has 2 saturated carbocycles. The van der Waals surface area contributed by atoms with Crippen molar-refractivity contribution in [1.82, 2.24) is 4.90 Å². The fraction of sp³-hybridized carbons (Fsp3) is 0.609. The summed E-state index contributed by atoms with van der Waals surface area (Å²) in [6, 6.07) is 7.34. The predicted octanol–water partition coefficient (Wildman–Crippen LogP) is 3.43. The summed E-state index contributed by atoms with van der Waals surface area (Å²) >= 11 is 0. The van der Waals surface area contributed by atoms with Gasteiger partial charge in [-0.2, -0.15) is 0 Å². The van der Waals surface area contributed by atoms with Crippen molar-refractivity contribution in [3.63, 3.8) is 0 Å². The van der Waals surface area contributed by atoms with Crippen molar-refractivity contribution in [2.75, 3.05) is 25.0 Å². The number of amides is 1. The predicted molar refractivity (Wildman–Crippen MR) is 110 cm³/mol. The third kappa shape index (κ3) is 3.41. The van der Waals surface area contributed by atoms with Gasteiger partial charge in [0.25, 0.3) is 5.91 Å². The molecular formula is C23H29N3O2.